The summed E-state index contributed by atoms with van der Waals surface area (Å²) in [6.45, 7) is 0. The minimum Gasteiger partial charge on any atom is -0.378 e. The highest BCUT2D eigenvalue weighted by molar-refractivity contribution is 5.59. The van der Waals surface area contributed by atoms with Crippen molar-refractivity contribution in [3.05, 3.63) is 77.6 Å². The molecule has 1 aliphatic carbocycles. The molecule has 2 aliphatic rings. The molecule has 1 nitrogen and oxygen atoms in total. The van der Waals surface area contributed by atoms with E-state index in [0.29, 0.717) is 11.8 Å². The highest BCUT2D eigenvalue weighted by Crippen LogP contribution is 2.49. The Hall–Kier alpha value is -2.09. The van der Waals surface area contributed by atoms with Crippen molar-refractivity contribution in [2.24, 2.45) is 5.92 Å². The first-order valence-corrected chi connectivity index (χ1v) is 7.10. The first-order chi connectivity index (χ1) is 9.83. The molecule has 0 radical (unpaired) electrons. The number of para-hydroxylation sites is 1. The van der Waals surface area contributed by atoms with Crippen LogP contribution in [-0.2, 0) is 0 Å². The third-order valence-corrected chi connectivity index (χ3v) is 4.50. The third kappa shape index (κ3) is 1.75. The van der Waals surface area contributed by atoms with Crippen molar-refractivity contribution >= 4 is 5.69 Å². The van der Waals surface area contributed by atoms with Crippen molar-refractivity contribution < 1.29 is 4.39 Å². The van der Waals surface area contributed by atoms with Crippen LogP contribution in [0.5, 0.6) is 0 Å². The van der Waals surface area contributed by atoms with Gasteiger partial charge in [0.1, 0.15) is 5.82 Å². The van der Waals surface area contributed by atoms with Crippen molar-refractivity contribution in [3.63, 3.8) is 0 Å². The molecule has 0 fully saturated rings. The predicted molar refractivity (Wildman–Crippen MR) is 79.2 cm³/mol. The van der Waals surface area contributed by atoms with Crippen LogP contribution >= 0.6 is 0 Å². The summed E-state index contributed by atoms with van der Waals surface area (Å²) in [6, 6.07) is 15.7. The van der Waals surface area contributed by atoms with Crippen molar-refractivity contribution in [1.29, 1.82) is 0 Å². The number of anilines is 1. The first-order valence-electron chi connectivity index (χ1n) is 7.10. The largest absolute Gasteiger partial charge is 0.378 e. The second kappa shape index (κ2) is 4.48. The predicted octanol–water partition coefficient (Wildman–Crippen LogP) is 4.65. The molecule has 0 saturated heterocycles. The lowest BCUT2D eigenvalue weighted by molar-refractivity contribution is 0.425. The van der Waals surface area contributed by atoms with Gasteiger partial charge in [-0.05, 0) is 41.7 Å². The Bertz CT molecular complexity index is 659. The molecule has 1 N–H and O–H groups in total. The van der Waals surface area contributed by atoms with E-state index < -0.39 is 0 Å². The molecule has 2 heteroatoms. The van der Waals surface area contributed by atoms with Crippen molar-refractivity contribution in [1.82, 2.24) is 0 Å². The summed E-state index contributed by atoms with van der Waals surface area (Å²) in [5.74, 6) is 0.823. The molecule has 1 heterocycles. The van der Waals surface area contributed by atoms with Gasteiger partial charge in [0, 0.05) is 11.6 Å². The fourth-order valence-corrected chi connectivity index (χ4v) is 3.54. The van der Waals surface area contributed by atoms with Gasteiger partial charge in [-0.2, -0.15) is 0 Å². The van der Waals surface area contributed by atoms with E-state index in [1.54, 1.807) is 12.1 Å². The van der Waals surface area contributed by atoms with E-state index in [-0.39, 0.29) is 11.9 Å². The number of allylic oxidation sites excluding steroid dienone is 2. The summed E-state index contributed by atoms with van der Waals surface area (Å²) in [4.78, 5) is 0. The van der Waals surface area contributed by atoms with Gasteiger partial charge in [-0.3, -0.25) is 0 Å². The van der Waals surface area contributed by atoms with Gasteiger partial charge in [-0.25, -0.2) is 4.39 Å². The van der Waals surface area contributed by atoms with Gasteiger partial charge < -0.3 is 5.32 Å². The third-order valence-electron chi connectivity index (χ3n) is 4.50. The molecule has 0 spiro atoms. The molecular weight excluding hydrogens is 249 g/mol. The number of hydrogen-bond donors (Lipinski definition) is 1. The second-order valence-electron chi connectivity index (χ2n) is 5.61. The van der Waals surface area contributed by atoms with E-state index >= 15 is 0 Å². The zero-order chi connectivity index (χ0) is 13.5. The second-order valence-corrected chi connectivity index (χ2v) is 5.61. The first kappa shape index (κ1) is 11.7. The lowest BCUT2D eigenvalue weighted by Crippen LogP contribution is -2.28. The van der Waals surface area contributed by atoms with Gasteiger partial charge >= 0.3 is 0 Å². The highest BCUT2D eigenvalue weighted by Gasteiger charge is 2.37. The van der Waals surface area contributed by atoms with Gasteiger partial charge in [0.05, 0.1) is 6.04 Å². The maximum Gasteiger partial charge on any atom is 0.123 e. The minimum atomic E-state index is -0.175. The van der Waals surface area contributed by atoms with Crippen molar-refractivity contribution in [2.75, 3.05) is 5.32 Å². The van der Waals surface area contributed by atoms with Crippen LogP contribution in [0.4, 0.5) is 10.1 Å². The molecule has 1 aliphatic heterocycles. The fraction of sp³-hybridized carbons (Fsp3) is 0.222. The molecule has 0 amide bonds. The van der Waals surface area contributed by atoms with E-state index in [9.17, 15) is 4.39 Å². The molecule has 20 heavy (non-hydrogen) atoms. The average molecular weight is 265 g/mol. The van der Waals surface area contributed by atoms with E-state index in [1.807, 2.05) is 12.1 Å². The Morgan fingerprint density at radius 3 is 2.65 bits per heavy atom. The SMILES string of the molecule is Fc1ccc([C@@H]2Nc3ccccc3[C@@H]3C=CC[C@@H]32)cc1. The summed E-state index contributed by atoms with van der Waals surface area (Å²) in [7, 11) is 0. The van der Waals surface area contributed by atoms with E-state index in [4.69, 9.17) is 0 Å². The Balaban J connectivity index is 1.77. The lowest BCUT2D eigenvalue weighted by Gasteiger charge is -2.37. The van der Waals surface area contributed by atoms with E-state index in [0.717, 1.165) is 6.42 Å². The summed E-state index contributed by atoms with van der Waals surface area (Å²) >= 11 is 0. The summed E-state index contributed by atoms with van der Waals surface area (Å²) in [5.41, 5.74) is 3.75. The van der Waals surface area contributed by atoms with Crippen LogP contribution in [0.2, 0.25) is 0 Å². The van der Waals surface area contributed by atoms with Gasteiger partial charge in [0.2, 0.25) is 0 Å². The molecular formula is C18H16FN. The minimum absolute atomic E-state index is 0.175. The molecule has 4 rings (SSSR count). The van der Waals surface area contributed by atoms with Crippen molar-refractivity contribution in [3.8, 4) is 0 Å². The van der Waals surface area contributed by atoms with Gasteiger partial charge in [0.25, 0.3) is 0 Å². The van der Waals surface area contributed by atoms with Crippen molar-refractivity contribution in [2.45, 2.75) is 18.4 Å². The standard InChI is InChI=1S/C18H16FN/c19-13-10-8-12(9-11-13)18-16-6-3-5-14(16)15-4-1-2-7-17(15)20-18/h1-5,7-11,14,16,18,20H,6H2/t14-,16-,18-/m0/s1. The number of fused-ring (bicyclic) bond motifs is 3. The zero-order valence-corrected chi connectivity index (χ0v) is 11.1. The lowest BCUT2D eigenvalue weighted by atomic mass is 9.77. The van der Waals surface area contributed by atoms with Crippen LogP contribution in [0.25, 0.3) is 0 Å². The van der Waals surface area contributed by atoms with Crippen LogP contribution in [0.15, 0.2) is 60.7 Å². The van der Waals surface area contributed by atoms with Gasteiger partial charge in [-0.1, -0.05) is 42.5 Å². The summed E-state index contributed by atoms with van der Waals surface area (Å²) < 4.78 is 13.1. The number of rotatable bonds is 1. The fourth-order valence-electron chi connectivity index (χ4n) is 3.54. The quantitative estimate of drug-likeness (QED) is 0.740. The summed E-state index contributed by atoms with van der Waals surface area (Å²) in [6.07, 6.45) is 5.67. The Morgan fingerprint density at radius 2 is 1.80 bits per heavy atom. The summed E-state index contributed by atoms with van der Waals surface area (Å²) in [5, 5.41) is 3.64. The van der Waals surface area contributed by atoms with Crippen LogP contribution < -0.4 is 5.32 Å². The molecule has 2 aromatic rings. The smallest absolute Gasteiger partial charge is 0.123 e. The van der Waals surface area contributed by atoms with Crippen LogP contribution in [0.3, 0.4) is 0 Å². The molecule has 0 saturated carbocycles. The average Bonchev–Trinajstić information content (AvgIpc) is 2.97. The Kier molecular flexibility index (Phi) is 2.62. The number of halogens is 1. The molecule has 3 atom stereocenters. The molecule has 100 valence electrons. The number of hydrogen-bond acceptors (Lipinski definition) is 1. The number of benzene rings is 2. The van der Waals surface area contributed by atoms with Crippen LogP contribution in [0, 0.1) is 11.7 Å². The number of nitrogens with one attached hydrogen (secondary N) is 1. The monoisotopic (exact) mass is 265 g/mol. The normalized spacial score (nSPS) is 26.8. The highest BCUT2D eigenvalue weighted by atomic mass is 19.1. The van der Waals surface area contributed by atoms with Crippen LogP contribution in [0.1, 0.15) is 29.5 Å². The maximum atomic E-state index is 13.1. The molecule has 0 aromatic heterocycles. The van der Waals surface area contributed by atoms with Gasteiger partial charge in [-0.15, -0.1) is 0 Å². The molecule has 0 bridgehead atoms. The maximum absolute atomic E-state index is 13.1. The molecule has 0 unspecified atom stereocenters. The zero-order valence-electron chi connectivity index (χ0n) is 11.1. The Morgan fingerprint density at radius 1 is 1.00 bits per heavy atom. The van der Waals surface area contributed by atoms with Gasteiger partial charge in [0.15, 0.2) is 0 Å². The Labute approximate surface area is 118 Å². The topological polar surface area (TPSA) is 12.0 Å². The molecule has 2 aromatic carbocycles. The van der Waals surface area contributed by atoms with E-state index in [2.05, 4.69) is 41.7 Å². The van der Waals surface area contributed by atoms with E-state index in [1.165, 1.54) is 16.8 Å². The van der Waals surface area contributed by atoms with Crippen LogP contribution in [-0.4, -0.2) is 0 Å².